The zero-order valence-electron chi connectivity index (χ0n) is 5.92. The van der Waals surface area contributed by atoms with Gasteiger partial charge in [-0.25, -0.2) is 0 Å². The second-order valence-corrected chi connectivity index (χ2v) is 1.91. The van der Waals surface area contributed by atoms with Crippen LogP contribution in [0.2, 0.25) is 0 Å². The predicted octanol–water partition coefficient (Wildman–Crippen LogP) is -0.637. The number of primary amides is 1. The normalized spacial score (nSPS) is 12.0. The van der Waals surface area contributed by atoms with Crippen LogP contribution in [0.15, 0.2) is 0 Å². The maximum atomic E-state index is 10.3. The number of amides is 1. The Kier molecular flexibility index (Phi) is 4.25. The summed E-state index contributed by atoms with van der Waals surface area (Å²) < 4.78 is 0. The second kappa shape index (κ2) is 4.77. The van der Waals surface area contributed by atoms with Crippen molar-refractivity contribution in [2.45, 2.75) is 19.4 Å². The molecule has 0 heterocycles. The standard InChI is InChI=1S/C6H11N3O/c1-2-9-5(4-7)3-6(8)10/h5,9H,2-3H2,1H3,(H2,8,10). The van der Waals surface area contributed by atoms with E-state index in [0.717, 1.165) is 0 Å². The van der Waals surface area contributed by atoms with Crippen LogP contribution in [0.5, 0.6) is 0 Å². The van der Waals surface area contributed by atoms with Gasteiger partial charge in [-0.15, -0.1) is 0 Å². The van der Waals surface area contributed by atoms with Crippen molar-refractivity contribution < 1.29 is 4.79 Å². The molecule has 0 aromatic heterocycles. The molecule has 0 aromatic rings. The Hall–Kier alpha value is -1.08. The van der Waals surface area contributed by atoms with E-state index in [1.165, 1.54) is 0 Å². The summed E-state index contributed by atoms with van der Waals surface area (Å²) in [6, 6.07) is 1.49. The highest BCUT2D eigenvalue weighted by Crippen LogP contribution is 1.86. The fourth-order valence-corrected chi connectivity index (χ4v) is 0.611. The summed E-state index contributed by atoms with van der Waals surface area (Å²) in [5.41, 5.74) is 4.87. The maximum Gasteiger partial charge on any atom is 0.220 e. The van der Waals surface area contributed by atoms with E-state index >= 15 is 0 Å². The summed E-state index contributed by atoms with van der Waals surface area (Å²) in [5, 5.41) is 11.2. The third-order valence-corrected chi connectivity index (χ3v) is 1.01. The third-order valence-electron chi connectivity index (χ3n) is 1.01. The number of hydrogen-bond donors (Lipinski definition) is 2. The van der Waals surface area contributed by atoms with Crippen LogP contribution in [0.25, 0.3) is 0 Å². The molecule has 56 valence electrons. The van der Waals surface area contributed by atoms with Gasteiger partial charge in [0.1, 0.15) is 6.04 Å². The van der Waals surface area contributed by atoms with E-state index in [0.29, 0.717) is 6.54 Å². The third kappa shape index (κ3) is 3.87. The van der Waals surface area contributed by atoms with Crippen molar-refractivity contribution in [2.24, 2.45) is 5.73 Å². The molecule has 0 aliphatic rings. The van der Waals surface area contributed by atoms with Crippen molar-refractivity contribution in [1.82, 2.24) is 5.32 Å². The molecule has 0 fully saturated rings. The fourth-order valence-electron chi connectivity index (χ4n) is 0.611. The quantitative estimate of drug-likeness (QED) is 0.546. The zero-order valence-corrected chi connectivity index (χ0v) is 5.92. The maximum absolute atomic E-state index is 10.3. The number of nitrogens with one attached hydrogen (secondary N) is 1. The van der Waals surface area contributed by atoms with Crippen molar-refractivity contribution in [3.63, 3.8) is 0 Å². The van der Waals surface area contributed by atoms with E-state index < -0.39 is 11.9 Å². The molecule has 4 heteroatoms. The Morgan fingerprint density at radius 3 is 2.80 bits per heavy atom. The Bertz CT molecular complexity index is 150. The van der Waals surface area contributed by atoms with Crippen LogP contribution in [-0.4, -0.2) is 18.5 Å². The van der Waals surface area contributed by atoms with E-state index in [-0.39, 0.29) is 6.42 Å². The average Bonchev–Trinajstić information content (AvgIpc) is 1.86. The highest BCUT2D eigenvalue weighted by Gasteiger charge is 2.07. The molecule has 0 aromatic carbocycles. The smallest absolute Gasteiger partial charge is 0.220 e. The van der Waals surface area contributed by atoms with E-state index in [2.05, 4.69) is 5.32 Å². The summed E-state index contributed by atoms with van der Waals surface area (Å²) in [4.78, 5) is 10.3. The lowest BCUT2D eigenvalue weighted by atomic mass is 10.2. The molecular weight excluding hydrogens is 130 g/mol. The van der Waals surface area contributed by atoms with Crippen molar-refractivity contribution in [3.05, 3.63) is 0 Å². The molecule has 0 aliphatic carbocycles. The highest BCUT2D eigenvalue weighted by molar-refractivity contribution is 5.74. The molecule has 0 saturated carbocycles. The Morgan fingerprint density at radius 2 is 2.50 bits per heavy atom. The van der Waals surface area contributed by atoms with Gasteiger partial charge in [0, 0.05) is 0 Å². The Balaban J connectivity index is 3.63. The van der Waals surface area contributed by atoms with Crippen LogP contribution in [0.1, 0.15) is 13.3 Å². The molecule has 1 unspecified atom stereocenters. The Morgan fingerprint density at radius 1 is 1.90 bits per heavy atom. The molecule has 0 aliphatic heterocycles. The van der Waals surface area contributed by atoms with Crippen LogP contribution in [0, 0.1) is 11.3 Å². The number of nitriles is 1. The molecule has 0 bridgehead atoms. The average molecular weight is 141 g/mol. The molecule has 1 amide bonds. The van der Waals surface area contributed by atoms with Gasteiger partial charge in [-0.1, -0.05) is 6.92 Å². The van der Waals surface area contributed by atoms with Gasteiger partial charge >= 0.3 is 0 Å². The van der Waals surface area contributed by atoms with E-state index in [9.17, 15) is 4.79 Å². The fraction of sp³-hybridized carbons (Fsp3) is 0.667. The highest BCUT2D eigenvalue weighted by atomic mass is 16.1. The van der Waals surface area contributed by atoms with Crippen molar-refractivity contribution in [3.8, 4) is 6.07 Å². The predicted molar refractivity (Wildman–Crippen MR) is 36.9 cm³/mol. The molecular formula is C6H11N3O. The number of carbonyl (C=O) groups excluding carboxylic acids is 1. The van der Waals surface area contributed by atoms with Crippen LogP contribution >= 0.6 is 0 Å². The first-order valence-corrected chi connectivity index (χ1v) is 3.12. The molecule has 0 saturated heterocycles. The van der Waals surface area contributed by atoms with E-state index in [1.807, 2.05) is 13.0 Å². The first-order valence-electron chi connectivity index (χ1n) is 3.12. The van der Waals surface area contributed by atoms with Gasteiger partial charge in [0.15, 0.2) is 0 Å². The lowest BCUT2D eigenvalue weighted by Gasteiger charge is -2.05. The number of carbonyl (C=O) groups is 1. The van der Waals surface area contributed by atoms with Crippen LogP contribution < -0.4 is 11.1 Å². The van der Waals surface area contributed by atoms with Crippen LogP contribution in [0.3, 0.4) is 0 Å². The van der Waals surface area contributed by atoms with Gasteiger partial charge in [-0.05, 0) is 6.54 Å². The first kappa shape index (κ1) is 8.92. The van der Waals surface area contributed by atoms with Crippen molar-refractivity contribution in [1.29, 1.82) is 5.26 Å². The first-order chi connectivity index (χ1) is 4.70. The lowest BCUT2D eigenvalue weighted by molar-refractivity contribution is -0.118. The van der Waals surface area contributed by atoms with Gasteiger partial charge in [-0.2, -0.15) is 5.26 Å². The van der Waals surface area contributed by atoms with Gasteiger partial charge in [0.2, 0.25) is 5.91 Å². The minimum absolute atomic E-state index is 0.0876. The molecule has 0 radical (unpaired) electrons. The van der Waals surface area contributed by atoms with Gasteiger partial charge in [0.25, 0.3) is 0 Å². The van der Waals surface area contributed by atoms with E-state index in [1.54, 1.807) is 0 Å². The van der Waals surface area contributed by atoms with Crippen molar-refractivity contribution in [2.75, 3.05) is 6.54 Å². The molecule has 0 spiro atoms. The lowest BCUT2D eigenvalue weighted by Crippen LogP contribution is -2.31. The number of rotatable bonds is 4. The summed E-state index contributed by atoms with van der Waals surface area (Å²) in [7, 11) is 0. The van der Waals surface area contributed by atoms with E-state index in [4.69, 9.17) is 11.0 Å². The molecule has 1 atom stereocenters. The zero-order chi connectivity index (χ0) is 7.98. The summed E-state index contributed by atoms with van der Waals surface area (Å²) in [6.07, 6.45) is 0.0876. The van der Waals surface area contributed by atoms with Crippen LogP contribution in [-0.2, 0) is 4.79 Å². The summed E-state index contributed by atoms with van der Waals surface area (Å²) in [5.74, 6) is -0.451. The molecule has 10 heavy (non-hydrogen) atoms. The largest absolute Gasteiger partial charge is 0.370 e. The number of hydrogen-bond acceptors (Lipinski definition) is 3. The molecule has 0 rings (SSSR count). The topological polar surface area (TPSA) is 78.9 Å². The van der Waals surface area contributed by atoms with Crippen LogP contribution in [0.4, 0.5) is 0 Å². The number of nitrogens with zero attached hydrogens (tertiary/aromatic N) is 1. The molecule has 4 nitrogen and oxygen atoms in total. The van der Waals surface area contributed by atoms with Gasteiger partial charge in [-0.3, -0.25) is 4.79 Å². The SMILES string of the molecule is CCNC(C#N)CC(N)=O. The summed E-state index contributed by atoms with van der Waals surface area (Å²) in [6.45, 7) is 2.54. The molecule has 3 N–H and O–H groups in total. The monoisotopic (exact) mass is 141 g/mol. The van der Waals surface area contributed by atoms with Gasteiger partial charge in [0.05, 0.1) is 12.5 Å². The van der Waals surface area contributed by atoms with Gasteiger partial charge < -0.3 is 11.1 Å². The second-order valence-electron chi connectivity index (χ2n) is 1.91. The minimum Gasteiger partial charge on any atom is -0.370 e. The van der Waals surface area contributed by atoms with Crippen molar-refractivity contribution >= 4 is 5.91 Å². The Labute approximate surface area is 60.0 Å². The number of nitrogens with two attached hydrogens (primary N) is 1. The minimum atomic E-state index is -0.451. The summed E-state index contributed by atoms with van der Waals surface area (Å²) >= 11 is 0.